The van der Waals surface area contributed by atoms with Crippen molar-refractivity contribution >= 4 is 57.5 Å². The number of pyridine rings is 2. The van der Waals surface area contributed by atoms with E-state index in [9.17, 15) is 23.6 Å². The van der Waals surface area contributed by atoms with Gasteiger partial charge in [-0.25, -0.2) is 29.1 Å². The molecule has 2 saturated heterocycles. The van der Waals surface area contributed by atoms with Gasteiger partial charge < -0.3 is 35.2 Å². The first-order valence-corrected chi connectivity index (χ1v) is 21.5. The average molecular weight is 887 g/mol. The number of halogens is 1. The molecule has 338 valence electrons. The third kappa shape index (κ3) is 9.95. The highest BCUT2D eigenvalue weighted by Crippen LogP contribution is 2.37. The fraction of sp³-hybridized carbons (Fsp3) is 0.348. The van der Waals surface area contributed by atoms with Crippen molar-refractivity contribution in [3.05, 3.63) is 107 Å². The maximum Gasteiger partial charge on any atom is 0.329 e. The van der Waals surface area contributed by atoms with Gasteiger partial charge in [-0.05, 0) is 74.7 Å². The lowest BCUT2D eigenvalue weighted by molar-refractivity contribution is -0.135. The number of para-hydroxylation sites is 1. The highest BCUT2D eigenvalue weighted by atomic mass is 19.1. The van der Waals surface area contributed by atoms with E-state index in [1.165, 1.54) is 17.9 Å². The van der Waals surface area contributed by atoms with Crippen molar-refractivity contribution in [2.24, 2.45) is 7.05 Å². The molecule has 2 aliphatic heterocycles. The Morgan fingerprint density at radius 3 is 2.42 bits per heavy atom. The summed E-state index contributed by atoms with van der Waals surface area (Å²) in [5.74, 6) is 0.0692. The van der Waals surface area contributed by atoms with Crippen LogP contribution in [0.3, 0.4) is 0 Å². The second-order valence-corrected chi connectivity index (χ2v) is 16.1. The number of piperidine rings is 2. The lowest BCUT2D eigenvalue weighted by atomic mass is 10.1. The molecule has 65 heavy (non-hydrogen) atoms. The Balaban J connectivity index is 0.805. The van der Waals surface area contributed by atoms with Gasteiger partial charge in [0.15, 0.2) is 17.4 Å². The number of imidazole rings is 1. The Kier molecular flexibility index (Phi) is 13.4. The maximum absolute atomic E-state index is 13.5. The van der Waals surface area contributed by atoms with E-state index < -0.39 is 17.8 Å². The highest BCUT2D eigenvalue weighted by Gasteiger charge is 2.32. The van der Waals surface area contributed by atoms with E-state index in [4.69, 9.17) is 9.47 Å². The highest BCUT2D eigenvalue weighted by molar-refractivity contribution is 6.01. The van der Waals surface area contributed by atoms with Crippen LogP contribution in [-0.4, -0.2) is 105 Å². The molecular weight excluding hydrogens is 836 g/mol. The van der Waals surface area contributed by atoms with E-state index in [0.717, 1.165) is 68.1 Å². The summed E-state index contributed by atoms with van der Waals surface area (Å²) >= 11 is 0. The summed E-state index contributed by atoms with van der Waals surface area (Å²) in [6, 6.07) is 16.1. The van der Waals surface area contributed by atoms with Crippen molar-refractivity contribution in [1.29, 1.82) is 0 Å². The van der Waals surface area contributed by atoms with Crippen molar-refractivity contribution in [1.82, 2.24) is 44.6 Å². The van der Waals surface area contributed by atoms with E-state index in [2.05, 4.69) is 58.1 Å². The topological polar surface area (TPSA) is 203 Å². The van der Waals surface area contributed by atoms with E-state index in [1.807, 2.05) is 36.5 Å². The normalized spacial score (nSPS) is 15.6. The minimum absolute atomic E-state index is 0.167. The van der Waals surface area contributed by atoms with Crippen molar-refractivity contribution in [2.45, 2.75) is 50.8 Å². The van der Waals surface area contributed by atoms with Gasteiger partial charge in [-0.3, -0.25) is 28.8 Å². The number of hydrogen-bond donors (Lipinski definition) is 4. The zero-order chi connectivity index (χ0) is 45.6. The van der Waals surface area contributed by atoms with Crippen LogP contribution in [0.4, 0.5) is 33.1 Å². The smallest absolute Gasteiger partial charge is 0.329 e. The number of carbonyl (C=O) groups is 3. The van der Waals surface area contributed by atoms with E-state index >= 15 is 0 Å². The average Bonchev–Trinajstić information content (AvgIpc) is 3.56. The first-order valence-electron chi connectivity index (χ1n) is 21.5. The standard InChI is InChI=1S/C46H51FN12O6/c1-48-44(61)33-26-50-40(22-35(33)53-34-8-5-7-32(42(34)64-4)43-51-24-29(47)25-52-43)54-39-13-9-28(23-49-39)27-56(2)17-6-20-65-31-15-18-58(19-16-31)30-10-11-36-38(21-30)57(3)46(63)59(36)37-12-14-41(60)55-45(37)62/h5,7-11,13,21-26,31,37H,6,12,14-20,27H2,1-4H3,(H,48,61)(H,55,60,62)(H2,49,50,53,54). The predicted octanol–water partition coefficient (Wildman–Crippen LogP) is 5.07. The zero-order valence-electron chi connectivity index (χ0n) is 36.6. The van der Waals surface area contributed by atoms with Crippen LogP contribution in [0.1, 0.15) is 54.1 Å². The number of benzene rings is 2. The number of fused-ring (bicyclic) bond motifs is 1. The SMILES string of the molecule is CNC(=O)c1cnc(Nc2ccc(CN(C)CCCOC3CCN(c4ccc5c(c4)n(C)c(=O)n5C4CCC(=O)NC4=O)CC3)cn2)cc1Nc1cccc(-c2ncc(F)cn2)c1OC. The van der Waals surface area contributed by atoms with Crippen LogP contribution in [0.2, 0.25) is 0 Å². The summed E-state index contributed by atoms with van der Waals surface area (Å²) in [4.78, 5) is 72.2. The molecular formula is C46H51FN12O6. The lowest BCUT2D eigenvalue weighted by Gasteiger charge is -2.33. The van der Waals surface area contributed by atoms with Crippen LogP contribution in [0.25, 0.3) is 22.4 Å². The Hall–Kier alpha value is -7.25. The minimum atomic E-state index is -0.710. The zero-order valence-corrected chi connectivity index (χ0v) is 36.6. The molecule has 2 aliphatic rings. The molecule has 2 fully saturated rings. The number of aryl methyl sites for hydroxylation is 1. The fourth-order valence-corrected chi connectivity index (χ4v) is 8.33. The summed E-state index contributed by atoms with van der Waals surface area (Å²) in [6.07, 6.45) is 8.79. The number of hydrogen-bond acceptors (Lipinski definition) is 14. The number of ether oxygens (including phenoxy) is 2. The van der Waals surface area contributed by atoms with Crippen LogP contribution in [0.15, 0.2) is 84.2 Å². The second-order valence-electron chi connectivity index (χ2n) is 16.1. The number of nitrogens with zero attached hydrogens (tertiary/aromatic N) is 8. The number of methoxy groups -OCH3 is 1. The van der Waals surface area contributed by atoms with Gasteiger partial charge in [0.2, 0.25) is 11.8 Å². The number of carbonyl (C=O) groups excluding carboxylic acids is 3. The number of aromatic nitrogens is 6. The molecule has 1 atom stereocenters. The predicted molar refractivity (Wildman–Crippen MR) is 243 cm³/mol. The number of nitrogens with one attached hydrogen (secondary N) is 4. The molecule has 4 aromatic heterocycles. The van der Waals surface area contributed by atoms with Gasteiger partial charge in [-0.1, -0.05) is 12.1 Å². The summed E-state index contributed by atoms with van der Waals surface area (Å²) in [5, 5.41) is 11.5. The first kappa shape index (κ1) is 44.4. The summed E-state index contributed by atoms with van der Waals surface area (Å²) in [7, 11) is 6.83. The molecule has 8 rings (SSSR count). The Morgan fingerprint density at radius 2 is 1.69 bits per heavy atom. The molecule has 3 amide bonds. The monoisotopic (exact) mass is 886 g/mol. The number of rotatable bonds is 16. The van der Waals surface area contributed by atoms with Gasteiger partial charge in [0.1, 0.15) is 17.7 Å². The molecule has 0 bridgehead atoms. The van der Waals surface area contributed by atoms with Gasteiger partial charge in [0, 0.05) is 77.4 Å². The largest absolute Gasteiger partial charge is 0.494 e. The van der Waals surface area contributed by atoms with E-state index in [0.29, 0.717) is 65.0 Å². The lowest BCUT2D eigenvalue weighted by Crippen LogP contribution is -2.44. The Bertz CT molecular complexity index is 2750. The van der Waals surface area contributed by atoms with Crippen molar-refractivity contribution < 1.29 is 28.2 Å². The molecule has 0 aliphatic carbocycles. The Morgan fingerprint density at radius 1 is 0.908 bits per heavy atom. The Labute approximate surface area is 374 Å². The number of anilines is 5. The van der Waals surface area contributed by atoms with Gasteiger partial charge in [-0.2, -0.15) is 0 Å². The first-order chi connectivity index (χ1) is 31.5. The number of imide groups is 1. The van der Waals surface area contributed by atoms with Gasteiger partial charge in [0.05, 0.1) is 59.1 Å². The van der Waals surface area contributed by atoms with Crippen LogP contribution in [0.5, 0.6) is 5.75 Å². The van der Waals surface area contributed by atoms with Gasteiger partial charge in [-0.15, -0.1) is 0 Å². The molecule has 0 saturated carbocycles. The molecule has 18 nitrogen and oxygen atoms in total. The van der Waals surface area contributed by atoms with Crippen molar-refractivity contribution in [2.75, 3.05) is 63.0 Å². The maximum atomic E-state index is 13.5. The summed E-state index contributed by atoms with van der Waals surface area (Å²) < 4.78 is 28.6. The molecule has 0 radical (unpaired) electrons. The van der Waals surface area contributed by atoms with Gasteiger partial charge in [0.25, 0.3) is 5.91 Å². The van der Waals surface area contributed by atoms with Crippen LogP contribution >= 0.6 is 0 Å². The molecule has 0 spiro atoms. The third-order valence-electron chi connectivity index (χ3n) is 11.7. The van der Waals surface area contributed by atoms with Crippen molar-refractivity contribution in [3.8, 4) is 17.1 Å². The van der Waals surface area contributed by atoms with E-state index in [1.54, 1.807) is 42.9 Å². The fourth-order valence-electron chi connectivity index (χ4n) is 8.33. The van der Waals surface area contributed by atoms with E-state index in [-0.39, 0.29) is 35.9 Å². The minimum Gasteiger partial charge on any atom is -0.494 e. The van der Waals surface area contributed by atoms with Crippen LogP contribution in [-0.2, 0) is 27.9 Å². The second kappa shape index (κ2) is 19.6. The van der Waals surface area contributed by atoms with Crippen LogP contribution < -0.4 is 36.6 Å². The van der Waals surface area contributed by atoms with Gasteiger partial charge >= 0.3 is 5.69 Å². The molecule has 1 unspecified atom stereocenters. The third-order valence-corrected chi connectivity index (χ3v) is 11.7. The summed E-state index contributed by atoms with van der Waals surface area (Å²) in [6.45, 7) is 3.85. The van der Waals surface area contributed by atoms with Crippen molar-refractivity contribution in [3.63, 3.8) is 0 Å². The molecule has 6 aromatic rings. The molecule has 4 N–H and O–H groups in total. The number of amides is 3. The van der Waals surface area contributed by atoms with Crippen LogP contribution in [0, 0.1) is 5.82 Å². The molecule has 6 heterocycles. The quantitative estimate of drug-likeness (QED) is 0.0742. The summed E-state index contributed by atoms with van der Waals surface area (Å²) in [5.41, 5.74) is 5.03. The molecule has 2 aromatic carbocycles. The molecule has 19 heteroatoms.